The van der Waals surface area contributed by atoms with Gasteiger partial charge in [-0.15, -0.1) is 0 Å². The molecule has 0 aliphatic carbocycles. The third kappa shape index (κ3) is 3.40. The molecule has 0 radical (unpaired) electrons. The number of aryl methyl sites for hydroxylation is 1. The van der Waals surface area contributed by atoms with Gasteiger partial charge < -0.3 is 10.6 Å². The van der Waals surface area contributed by atoms with Crippen LogP contribution in [0, 0.1) is 0 Å². The molecule has 25 heavy (non-hydrogen) atoms. The van der Waals surface area contributed by atoms with Crippen LogP contribution in [0.15, 0.2) is 53.5 Å². The zero-order valence-electron chi connectivity index (χ0n) is 13.7. The van der Waals surface area contributed by atoms with Crippen molar-refractivity contribution in [2.45, 2.75) is 6.92 Å². The van der Waals surface area contributed by atoms with E-state index in [4.69, 9.17) is 0 Å². The lowest BCUT2D eigenvalue weighted by Gasteiger charge is -2.10. The summed E-state index contributed by atoms with van der Waals surface area (Å²) in [6.07, 6.45) is 1.59. The zero-order valence-corrected chi connectivity index (χ0v) is 13.7. The smallest absolute Gasteiger partial charge is 0.264 e. The second-order valence-corrected chi connectivity index (χ2v) is 5.55. The lowest BCUT2D eigenvalue weighted by atomic mass is 10.2. The van der Waals surface area contributed by atoms with E-state index in [1.807, 2.05) is 0 Å². The van der Waals surface area contributed by atoms with Crippen LogP contribution in [0.4, 0.5) is 11.4 Å². The second kappa shape index (κ2) is 6.56. The van der Waals surface area contributed by atoms with Crippen LogP contribution in [0.3, 0.4) is 0 Å². The van der Waals surface area contributed by atoms with Gasteiger partial charge in [0.05, 0.1) is 0 Å². The van der Waals surface area contributed by atoms with Gasteiger partial charge >= 0.3 is 0 Å². The Morgan fingerprint density at radius 1 is 1.04 bits per heavy atom. The Hall–Kier alpha value is -3.48. The van der Waals surface area contributed by atoms with E-state index in [0.29, 0.717) is 22.4 Å². The molecule has 7 nitrogen and oxygen atoms in total. The first-order valence-corrected chi connectivity index (χ1v) is 7.59. The molecule has 0 bridgehead atoms. The topological polar surface area (TPSA) is 93.1 Å². The van der Waals surface area contributed by atoms with Crippen molar-refractivity contribution < 1.29 is 9.59 Å². The molecular formula is C18H16N4O3. The highest BCUT2D eigenvalue weighted by molar-refractivity contribution is 6.06. The van der Waals surface area contributed by atoms with E-state index in [0.717, 1.165) is 0 Å². The van der Waals surface area contributed by atoms with Crippen molar-refractivity contribution in [2.24, 2.45) is 7.05 Å². The van der Waals surface area contributed by atoms with E-state index >= 15 is 0 Å². The van der Waals surface area contributed by atoms with Gasteiger partial charge in [-0.05, 0) is 36.4 Å². The van der Waals surface area contributed by atoms with Crippen LogP contribution in [0.5, 0.6) is 0 Å². The number of hydrogen-bond donors (Lipinski definition) is 2. The molecular weight excluding hydrogens is 320 g/mol. The molecule has 2 N–H and O–H groups in total. The average Bonchev–Trinajstić information content (AvgIpc) is 2.57. The summed E-state index contributed by atoms with van der Waals surface area (Å²) < 4.78 is 1.35. The minimum Gasteiger partial charge on any atom is -0.326 e. The van der Waals surface area contributed by atoms with Crippen molar-refractivity contribution in [2.75, 3.05) is 10.6 Å². The van der Waals surface area contributed by atoms with Gasteiger partial charge in [0.1, 0.15) is 11.2 Å². The Morgan fingerprint density at radius 3 is 2.48 bits per heavy atom. The van der Waals surface area contributed by atoms with E-state index in [9.17, 15) is 14.4 Å². The van der Waals surface area contributed by atoms with E-state index in [-0.39, 0.29) is 11.5 Å². The van der Waals surface area contributed by atoms with Gasteiger partial charge in [0, 0.05) is 36.9 Å². The summed E-state index contributed by atoms with van der Waals surface area (Å²) in [5.74, 6) is -0.731. The molecule has 0 saturated carbocycles. The van der Waals surface area contributed by atoms with Crippen LogP contribution in [0.1, 0.15) is 17.3 Å². The molecule has 2 heterocycles. The summed E-state index contributed by atoms with van der Waals surface area (Å²) in [7, 11) is 1.58. The number of benzene rings is 1. The molecule has 1 aromatic carbocycles. The summed E-state index contributed by atoms with van der Waals surface area (Å²) in [6, 6.07) is 11.8. The van der Waals surface area contributed by atoms with Crippen LogP contribution in [0.2, 0.25) is 0 Å². The molecule has 7 heteroatoms. The van der Waals surface area contributed by atoms with Crippen LogP contribution < -0.4 is 16.2 Å². The molecule has 0 atom stereocenters. The number of amides is 2. The maximum Gasteiger partial charge on any atom is 0.264 e. The summed E-state index contributed by atoms with van der Waals surface area (Å²) in [4.78, 5) is 40.2. The van der Waals surface area contributed by atoms with Crippen LogP contribution in [0.25, 0.3) is 11.0 Å². The number of pyridine rings is 2. The molecule has 2 amide bonds. The SMILES string of the molecule is CC(=O)Nc1cccc(NC(=O)c2cc3cccnc3n(C)c2=O)c1. The molecule has 126 valence electrons. The van der Waals surface area contributed by atoms with E-state index in [2.05, 4.69) is 15.6 Å². The summed E-state index contributed by atoms with van der Waals surface area (Å²) in [5, 5.41) is 6.02. The van der Waals surface area contributed by atoms with E-state index in [1.54, 1.807) is 49.6 Å². The lowest BCUT2D eigenvalue weighted by Crippen LogP contribution is -2.28. The molecule has 0 spiro atoms. The van der Waals surface area contributed by atoms with Crippen molar-refractivity contribution in [1.29, 1.82) is 0 Å². The first-order chi connectivity index (χ1) is 12.0. The Bertz CT molecular complexity index is 1040. The standard InChI is InChI=1S/C18H16N4O3/c1-11(23)20-13-6-3-7-14(10-13)21-17(24)15-9-12-5-4-8-19-16(12)22(2)18(15)25/h3-10H,1-2H3,(H,20,23)(H,21,24). The summed E-state index contributed by atoms with van der Waals surface area (Å²) in [6.45, 7) is 1.40. The molecule has 0 saturated heterocycles. The van der Waals surface area contributed by atoms with Crippen molar-refractivity contribution in [3.8, 4) is 0 Å². The van der Waals surface area contributed by atoms with Gasteiger partial charge in [-0.25, -0.2) is 4.98 Å². The van der Waals surface area contributed by atoms with Gasteiger partial charge in [0.25, 0.3) is 11.5 Å². The molecule has 0 aliphatic heterocycles. The number of nitrogens with zero attached hydrogens (tertiary/aromatic N) is 2. The number of rotatable bonds is 3. The normalized spacial score (nSPS) is 10.5. The monoisotopic (exact) mass is 336 g/mol. The van der Waals surface area contributed by atoms with Crippen LogP contribution in [-0.2, 0) is 11.8 Å². The highest BCUT2D eigenvalue weighted by Crippen LogP contribution is 2.16. The quantitative estimate of drug-likeness (QED) is 0.766. The van der Waals surface area contributed by atoms with Crippen molar-refractivity contribution in [3.05, 3.63) is 64.6 Å². The number of fused-ring (bicyclic) bond motifs is 1. The third-order valence-electron chi connectivity index (χ3n) is 3.65. The van der Waals surface area contributed by atoms with Crippen LogP contribution >= 0.6 is 0 Å². The maximum absolute atomic E-state index is 12.5. The maximum atomic E-state index is 12.5. The zero-order chi connectivity index (χ0) is 18.0. The second-order valence-electron chi connectivity index (χ2n) is 5.55. The Labute approximate surface area is 143 Å². The van der Waals surface area contributed by atoms with Gasteiger partial charge in [-0.2, -0.15) is 0 Å². The summed E-state index contributed by atoms with van der Waals surface area (Å²) >= 11 is 0. The highest BCUT2D eigenvalue weighted by Gasteiger charge is 2.15. The number of anilines is 2. The van der Waals surface area contributed by atoms with Crippen LogP contribution in [-0.4, -0.2) is 21.4 Å². The largest absolute Gasteiger partial charge is 0.326 e. The van der Waals surface area contributed by atoms with Crippen molar-refractivity contribution >= 4 is 34.2 Å². The lowest BCUT2D eigenvalue weighted by molar-refractivity contribution is -0.114. The fourth-order valence-electron chi connectivity index (χ4n) is 2.54. The minimum atomic E-state index is -0.522. The number of aromatic nitrogens is 2. The molecule has 3 aromatic rings. The van der Waals surface area contributed by atoms with Crippen molar-refractivity contribution in [3.63, 3.8) is 0 Å². The third-order valence-corrected chi connectivity index (χ3v) is 3.65. The fourth-order valence-corrected chi connectivity index (χ4v) is 2.54. The first kappa shape index (κ1) is 16.4. The Morgan fingerprint density at radius 2 is 1.76 bits per heavy atom. The number of hydrogen-bond acceptors (Lipinski definition) is 4. The Balaban J connectivity index is 1.94. The van der Waals surface area contributed by atoms with Gasteiger partial charge in [0.15, 0.2) is 0 Å². The predicted molar refractivity (Wildman–Crippen MR) is 95.7 cm³/mol. The van der Waals surface area contributed by atoms with E-state index < -0.39 is 11.5 Å². The minimum absolute atomic E-state index is 0.0212. The van der Waals surface area contributed by atoms with Gasteiger partial charge in [-0.3, -0.25) is 19.0 Å². The average molecular weight is 336 g/mol. The molecule has 0 aliphatic rings. The summed E-state index contributed by atoms with van der Waals surface area (Å²) in [5.41, 5.74) is 1.14. The van der Waals surface area contributed by atoms with Crippen molar-refractivity contribution in [1.82, 2.24) is 9.55 Å². The molecule has 3 rings (SSSR count). The molecule has 2 aromatic heterocycles. The number of carbonyl (C=O) groups excluding carboxylic acids is 2. The van der Waals surface area contributed by atoms with Gasteiger partial charge in [0.2, 0.25) is 5.91 Å². The first-order valence-electron chi connectivity index (χ1n) is 7.59. The molecule has 0 fully saturated rings. The van der Waals surface area contributed by atoms with Gasteiger partial charge in [-0.1, -0.05) is 6.07 Å². The highest BCUT2D eigenvalue weighted by atomic mass is 16.2. The van der Waals surface area contributed by atoms with E-state index in [1.165, 1.54) is 17.6 Å². The number of carbonyl (C=O) groups is 2. The predicted octanol–water partition coefficient (Wildman–Crippen LogP) is 2.14. The fraction of sp³-hybridized carbons (Fsp3) is 0.111. The Kier molecular flexibility index (Phi) is 4.30. The number of nitrogens with one attached hydrogen (secondary N) is 2. The molecule has 0 unspecified atom stereocenters.